The number of hydrogen-bond acceptors (Lipinski definition) is 0. The number of rotatable bonds is 6. The second kappa shape index (κ2) is 5.78. The second-order valence-electron chi connectivity index (χ2n) is 5.57. The minimum atomic E-state index is 0.492. The van der Waals surface area contributed by atoms with Crippen molar-refractivity contribution >= 4 is 0 Å². The van der Waals surface area contributed by atoms with Crippen LogP contribution in [0.25, 0.3) is 0 Å². The SMILES string of the molecule is CCC(CC)C(CC)C(C)(C)C(C)C. The fourth-order valence-corrected chi connectivity index (χ4v) is 2.75. The molecule has 86 valence electrons. The van der Waals surface area contributed by atoms with Gasteiger partial charge in [-0.2, -0.15) is 0 Å². The lowest BCUT2D eigenvalue weighted by molar-refractivity contribution is 0.0757. The molecule has 14 heavy (non-hydrogen) atoms. The van der Waals surface area contributed by atoms with Gasteiger partial charge in [0.15, 0.2) is 0 Å². The summed E-state index contributed by atoms with van der Waals surface area (Å²) >= 11 is 0. The third kappa shape index (κ3) is 3.00. The lowest BCUT2D eigenvalue weighted by atomic mass is 9.63. The molecule has 0 aromatic carbocycles. The maximum Gasteiger partial charge on any atom is -0.0300 e. The van der Waals surface area contributed by atoms with Gasteiger partial charge in [-0.1, -0.05) is 67.7 Å². The van der Waals surface area contributed by atoms with Crippen LogP contribution >= 0.6 is 0 Å². The summed E-state index contributed by atoms with van der Waals surface area (Å²) in [4.78, 5) is 0. The van der Waals surface area contributed by atoms with Crippen LogP contribution in [0.4, 0.5) is 0 Å². The van der Waals surface area contributed by atoms with Crippen molar-refractivity contribution in [2.75, 3.05) is 0 Å². The molecule has 1 atom stereocenters. The van der Waals surface area contributed by atoms with E-state index >= 15 is 0 Å². The van der Waals surface area contributed by atoms with E-state index in [1.807, 2.05) is 0 Å². The lowest BCUT2D eigenvalue weighted by Gasteiger charge is -2.42. The van der Waals surface area contributed by atoms with Gasteiger partial charge in [-0.15, -0.1) is 0 Å². The molecule has 0 rings (SSSR count). The maximum atomic E-state index is 2.45. The van der Waals surface area contributed by atoms with Crippen LogP contribution in [0.15, 0.2) is 0 Å². The highest BCUT2D eigenvalue weighted by Crippen LogP contribution is 2.43. The molecule has 0 radical (unpaired) electrons. The van der Waals surface area contributed by atoms with Crippen LogP contribution in [-0.4, -0.2) is 0 Å². The average molecular weight is 198 g/mol. The van der Waals surface area contributed by atoms with Gasteiger partial charge in [0.2, 0.25) is 0 Å². The van der Waals surface area contributed by atoms with Crippen molar-refractivity contribution in [3.05, 3.63) is 0 Å². The molecule has 0 saturated carbocycles. The van der Waals surface area contributed by atoms with Gasteiger partial charge in [0.1, 0.15) is 0 Å². The Hall–Kier alpha value is 0. The van der Waals surface area contributed by atoms with E-state index in [9.17, 15) is 0 Å². The Morgan fingerprint density at radius 1 is 0.857 bits per heavy atom. The smallest absolute Gasteiger partial charge is 0.0300 e. The normalized spacial score (nSPS) is 15.2. The van der Waals surface area contributed by atoms with Crippen molar-refractivity contribution in [1.29, 1.82) is 0 Å². The van der Waals surface area contributed by atoms with E-state index in [1.54, 1.807) is 0 Å². The van der Waals surface area contributed by atoms with Gasteiger partial charge >= 0.3 is 0 Å². The maximum absolute atomic E-state index is 2.45. The van der Waals surface area contributed by atoms with Crippen molar-refractivity contribution in [3.63, 3.8) is 0 Å². The first-order valence-corrected chi connectivity index (χ1v) is 6.41. The number of hydrogen-bond donors (Lipinski definition) is 0. The van der Waals surface area contributed by atoms with E-state index < -0.39 is 0 Å². The van der Waals surface area contributed by atoms with E-state index in [1.165, 1.54) is 19.3 Å². The highest BCUT2D eigenvalue weighted by molar-refractivity contribution is 4.84. The van der Waals surface area contributed by atoms with E-state index in [2.05, 4.69) is 48.5 Å². The quantitative estimate of drug-likeness (QED) is 0.555. The molecule has 0 heterocycles. The molecule has 1 unspecified atom stereocenters. The molecule has 0 aliphatic heterocycles. The summed E-state index contributed by atoms with van der Waals surface area (Å²) in [5.74, 6) is 2.59. The molecule has 0 aromatic heterocycles. The first-order valence-electron chi connectivity index (χ1n) is 6.41. The van der Waals surface area contributed by atoms with Crippen molar-refractivity contribution < 1.29 is 0 Å². The first kappa shape index (κ1) is 14.0. The highest BCUT2D eigenvalue weighted by atomic mass is 14.4. The monoisotopic (exact) mass is 198 g/mol. The van der Waals surface area contributed by atoms with E-state index in [4.69, 9.17) is 0 Å². The molecule has 0 bridgehead atoms. The van der Waals surface area contributed by atoms with E-state index in [-0.39, 0.29) is 0 Å². The Labute approximate surface area is 91.5 Å². The first-order chi connectivity index (χ1) is 6.41. The van der Waals surface area contributed by atoms with Crippen LogP contribution in [0.1, 0.15) is 67.7 Å². The third-order valence-electron chi connectivity index (χ3n) is 4.50. The summed E-state index contributed by atoms with van der Waals surface area (Å²) in [7, 11) is 0. The lowest BCUT2D eigenvalue weighted by Crippen LogP contribution is -2.34. The van der Waals surface area contributed by atoms with Crippen LogP contribution in [0.2, 0.25) is 0 Å². The molecule has 0 nitrogen and oxygen atoms in total. The zero-order valence-electron chi connectivity index (χ0n) is 11.4. The highest BCUT2D eigenvalue weighted by Gasteiger charge is 2.34. The van der Waals surface area contributed by atoms with E-state index in [0.29, 0.717) is 5.41 Å². The minimum Gasteiger partial charge on any atom is -0.0651 e. The van der Waals surface area contributed by atoms with Gasteiger partial charge in [-0.05, 0) is 23.2 Å². The Morgan fingerprint density at radius 2 is 1.29 bits per heavy atom. The molecule has 0 aliphatic rings. The Kier molecular flexibility index (Phi) is 5.78. The standard InChI is InChI=1S/C14H30/c1-8-12(9-2)13(10-3)14(6,7)11(4)5/h11-13H,8-10H2,1-7H3. The predicted octanol–water partition coefficient (Wildman–Crippen LogP) is 5.13. The Balaban J connectivity index is 4.68. The zero-order valence-corrected chi connectivity index (χ0v) is 11.4. The summed E-state index contributed by atoms with van der Waals surface area (Å²) in [6.45, 7) is 16.7. The molecule has 0 N–H and O–H groups in total. The molecular weight excluding hydrogens is 168 g/mol. The molecule has 0 heteroatoms. The minimum absolute atomic E-state index is 0.492. The molecule has 0 aromatic rings. The van der Waals surface area contributed by atoms with Gasteiger partial charge < -0.3 is 0 Å². The molecule has 0 spiro atoms. The third-order valence-corrected chi connectivity index (χ3v) is 4.50. The molecule has 0 aliphatic carbocycles. The summed E-state index contributed by atoms with van der Waals surface area (Å²) in [5, 5.41) is 0. The largest absolute Gasteiger partial charge is 0.0651 e. The second-order valence-corrected chi connectivity index (χ2v) is 5.57. The van der Waals surface area contributed by atoms with Crippen molar-refractivity contribution in [3.8, 4) is 0 Å². The summed E-state index contributed by atoms with van der Waals surface area (Å²) in [6.07, 6.45) is 4.01. The van der Waals surface area contributed by atoms with Crippen LogP contribution in [0.5, 0.6) is 0 Å². The Bertz CT molecular complexity index is 140. The Morgan fingerprint density at radius 3 is 1.50 bits per heavy atom. The van der Waals surface area contributed by atoms with Crippen LogP contribution in [0.3, 0.4) is 0 Å². The predicted molar refractivity (Wildman–Crippen MR) is 66.5 cm³/mol. The van der Waals surface area contributed by atoms with Gasteiger partial charge in [0, 0.05) is 0 Å². The van der Waals surface area contributed by atoms with E-state index in [0.717, 1.165) is 17.8 Å². The molecular formula is C14H30. The summed E-state index contributed by atoms with van der Waals surface area (Å²) in [6, 6.07) is 0. The summed E-state index contributed by atoms with van der Waals surface area (Å²) < 4.78 is 0. The van der Waals surface area contributed by atoms with Crippen molar-refractivity contribution in [2.45, 2.75) is 67.7 Å². The van der Waals surface area contributed by atoms with Crippen LogP contribution in [0, 0.1) is 23.2 Å². The van der Waals surface area contributed by atoms with Crippen molar-refractivity contribution in [1.82, 2.24) is 0 Å². The topological polar surface area (TPSA) is 0 Å². The summed E-state index contributed by atoms with van der Waals surface area (Å²) in [5.41, 5.74) is 0.492. The van der Waals surface area contributed by atoms with Gasteiger partial charge in [0.05, 0.1) is 0 Å². The molecule has 0 fully saturated rings. The van der Waals surface area contributed by atoms with Crippen molar-refractivity contribution in [2.24, 2.45) is 23.2 Å². The fourth-order valence-electron chi connectivity index (χ4n) is 2.75. The van der Waals surface area contributed by atoms with Gasteiger partial charge in [-0.3, -0.25) is 0 Å². The van der Waals surface area contributed by atoms with Gasteiger partial charge in [-0.25, -0.2) is 0 Å². The fraction of sp³-hybridized carbons (Fsp3) is 1.00. The molecule has 0 saturated heterocycles. The van der Waals surface area contributed by atoms with Gasteiger partial charge in [0.25, 0.3) is 0 Å². The average Bonchev–Trinajstić information content (AvgIpc) is 2.13. The zero-order chi connectivity index (χ0) is 11.4. The van der Waals surface area contributed by atoms with Crippen LogP contribution in [-0.2, 0) is 0 Å². The van der Waals surface area contributed by atoms with Crippen LogP contribution < -0.4 is 0 Å². The molecule has 0 amide bonds.